The van der Waals surface area contributed by atoms with Crippen molar-refractivity contribution in [1.82, 2.24) is 0 Å². The fourth-order valence-corrected chi connectivity index (χ4v) is 1.18. The van der Waals surface area contributed by atoms with E-state index >= 15 is 0 Å². The Bertz CT molecular complexity index is 281. The summed E-state index contributed by atoms with van der Waals surface area (Å²) in [6, 6.07) is 5.56. The molecule has 1 aromatic rings. The Hall–Kier alpha value is -0.950. The van der Waals surface area contributed by atoms with E-state index in [0.717, 1.165) is 11.3 Å². The Kier molecular flexibility index (Phi) is 3.18. The lowest BCUT2D eigenvalue weighted by Gasteiger charge is -2.04. The average molecular weight is 183 g/mol. The SMILES string of the molecule is C=Cc1ccc(OCC)cc1Cl. The Morgan fingerprint density at radius 1 is 1.58 bits per heavy atom. The number of benzene rings is 1. The van der Waals surface area contributed by atoms with E-state index in [1.807, 2.05) is 19.1 Å². The van der Waals surface area contributed by atoms with E-state index < -0.39 is 0 Å². The number of rotatable bonds is 3. The van der Waals surface area contributed by atoms with Gasteiger partial charge in [0.25, 0.3) is 0 Å². The largest absolute Gasteiger partial charge is 0.494 e. The third-order valence-electron chi connectivity index (χ3n) is 1.50. The summed E-state index contributed by atoms with van der Waals surface area (Å²) in [7, 11) is 0. The topological polar surface area (TPSA) is 9.23 Å². The van der Waals surface area contributed by atoms with Gasteiger partial charge in [0, 0.05) is 0 Å². The zero-order valence-corrected chi connectivity index (χ0v) is 7.77. The number of halogens is 1. The van der Waals surface area contributed by atoms with E-state index in [9.17, 15) is 0 Å². The van der Waals surface area contributed by atoms with Crippen LogP contribution in [0.25, 0.3) is 6.08 Å². The van der Waals surface area contributed by atoms with Crippen LogP contribution in [0.5, 0.6) is 5.75 Å². The van der Waals surface area contributed by atoms with Gasteiger partial charge in [0.2, 0.25) is 0 Å². The van der Waals surface area contributed by atoms with E-state index in [1.165, 1.54) is 0 Å². The second-order valence-electron chi connectivity index (χ2n) is 2.32. The first-order valence-corrected chi connectivity index (χ1v) is 4.20. The van der Waals surface area contributed by atoms with Crippen LogP contribution in [-0.2, 0) is 0 Å². The van der Waals surface area contributed by atoms with Gasteiger partial charge >= 0.3 is 0 Å². The van der Waals surface area contributed by atoms with Crippen LogP contribution in [0, 0.1) is 0 Å². The molecule has 2 heteroatoms. The summed E-state index contributed by atoms with van der Waals surface area (Å²) in [5, 5.41) is 0.677. The Balaban J connectivity index is 2.93. The highest BCUT2D eigenvalue weighted by molar-refractivity contribution is 6.32. The van der Waals surface area contributed by atoms with Gasteiger partial charge < -0.3 is 4.74 Å². The molecule has 0 atom stereocenters. The van der Waals surface area contributed by atoms with Gasteiger partial charge in [-0.05, 0) is 30.7 Å². The first-order valence-electron chi connectivity index (χ1n) is 3.82. The molecular weight excluding hydrogens is 172 g/mol. The van der Waals surface area contributed by atoms with Crippen LogP contribution in [0.4, 0.5) is 0 Å². The Morgan fingerprint density at radius 2 is 2.33 bits per heavy atom. The maximum Gasteiger partial charge on any atom is 0.120 e. The van der Waals surface area contributed by atoms with Gasteiger partial charge in [-0.3, -0.25) is 0 Å². The third kappa shape index (κ3) is 2.02. The van der Waals surface area contributed by atoms with E-state index in [0.29, 0.717) is 11.6 Å². The summed E-state index contributed by atoms with van der Waals surface area (Å²) in [4.78, 5) is 0. The van der Waals surface area contributed by atoms with Crippen LogP contribution >= 0.6 is 11.6 Å². The molecular formula is C10H11ClO. The molecule has 1 aromatic carbocycles. The zero-order chi connectivity index (χ0) is 8.97. The van der Waals surface area contributed by atoms with Crippen molar-refractivity contribution in [3.63, 3.8) is 0 Å². The van der Waals surface area contributed by atoms with Crippen molar-refractivity contribution in [2.75, 3.05) is 6.61 Å². The highest BCUT2D eigenvalue weighted by atomic mass is 35.5. The molecule has 0 bridgehead atoms. The van der Waals surface area contributed by atoms with Gasteiger partial charge in [-0.15, -0.1) is 0 Å². The van der Waals surface area contributed by atoms with E-state index in [-0.39, 0.29) is 0 Å². The summed E-state index contributed by atoms with van der Waals surface area (Å²) < 4.78 is 5.27. The number of hydrogen-bond donors (Lipinski definition) is 0. The molecule has 0 saturated carbocycles. The molecule has 1 rings (SSSR count). The van der Waals surface area contributed by atoms with Crippen LogP contribution in [-0.4, -0.2) is 6.61 Å². The lowest BCUT2D eigenvalue weighted by atomic mass is 10.2. The number of hydrogen-bond acceptors (Lipinski definition) is 1. The average Bonchev–Trinajstić information content (AvgIpc) is 2.05. The summed E-state index contributed by atoms with van der Waals surface area (Å²) in [6.07, 6.45) is 1.72. The fourth-order valence-electron chi connectivity index (χ4n) is 0.930. The molecule has 0 spiro atoms. The van der Waals surface area contributed by atoms with Crippen LogP contribution in [0.1, 0.15) is 12.5 Å². The smallest absolute Gasteiger partial charge is 0.120 e. The molecule has 0 aromatic heterocycles. The van der Waals surface area contributed by atoms with Crippen LogP contribution in [0.15, 0.2) is 24.8 Å². The molecule has 0 radical (unpaired) electrons. The quantitative estimate of drug-likeness (QED) is 0.697. The fraction of sp³-hybridized carbons (Fsp3) is 0.200. The lowest BCUT2D eigenvalue weighted by molar-refractivity contribution is 0.340. The van der Waals surface area contributed by atoms with Crippen molar-refractivity contribution in [3.05, 3.63) is 35.4 Å². The van der Waals surface area contributed by atoms with Gasteiger partial charge in [-0.2, -0.15) is 0 Å². The Labute approximate surface area is 77.6 Å². The standard InChI is InChI=1S/C10H11ClO/c1-3-8-5-6-9(12-4-2)7-10(8)11/h3,5-7H,1,4H2,2H3. The predicted octanol–water partition coefficient (Wildman–Crippen LogP) is 3.38. The van der Waals surface area contributed by atoms with Gasteiger partial charge in [0.05, 0.1) is 11.6 Å². The van der Waals surface area contributed by atoms with Crippen molar-refractivity contribution >= 4 is 17.7 Å². The van der Waals surface area contributed by atoms with E-state index in [4.69, 9.17) is 16.3 Å². The monoisotopic (exact) mass is 182 g/mol. The van der Waals surface area contributed by atoms with Gasteiger partial charge in [-0.1, -0.05) is 24.3 Å². The molecule has 0 amide bonds. The van der Waals surface area contributed by atoms with Crippen LogP contribution in [0.2, 0.25) is 5.02 Å². The normalized spacial score (nSPS) is 9.50. The molecule has 0 saturated heterocycles. The lowest BCUT2D eigenvalue weighted by Crippen LogP contribution is -1.91. The Morgan fingerprint density at radius 3 is 2.83 bits per heavy atom. The van der Waals surface area contributed by atoms with Crippen molar-refractivity contribution < 1.29 is 4.74 Å². The van der Waals surface area contributed by atoms with Gasteiger partial charge in [0.1, 0.15) is 5.75 Å². The summed E-state index contributed by atoms with van der Waals surface area (Å²) in [5.41, 5.74) is 0.931. The first-order chi connectivity index (χ1) is 5.77. The zero-order valence-electron chi connectivity index (χ0n) is 7.01. The molecule has 0 fully saturated rings. The number of ether oxygens (including phenoxy) is 1. The van der Waals surface area contributed by atoms with Crippen molar-refractivity contribution in [2.24, 2.45) is 0 Å². The first kappa shape index (κ1) is 9.14. The van der Waals surface area contributed by atoms with Crippen molar-refractivity contribution in [1.29, 1.82) is 0 Å². The molecule has 0 N–H and O–H groups in total. The molecule has 0 aliphatic rings. The minimum Gasteiger partial charge on any atom is -0.494 e. The molecule has 0 aliphatic heterocycles. The maximum atomic E-state index is 5.91. The van der Waals surface area contributed by atoms with Gasteiger partial charge in [-0.25, -0.2) is 0 Å². The highest BCUT2D eigenvalue weighted by Gasteiger charge is 1.97. The third-order valence-corrected chi connectivity index (χ3v) is 1.83. The summed E-state index contributed by atoms with van der Waals surface area (Å²) in [6.45, 7) is 6.24. The summed E-state index contributed by atoms with van der Waals surface area (Å²) >= 11 is 5.91. The molecule has 0 aliphatic carbocycles. The van der Waals surface area contributed by atoms with E-state index in [2.05, 4.69) is 6.58 Å². The maximum absolute atomic E-state index is 5.91. The summed E-state index contributed by atoms with van der Waals surface area (Å²) in [5.74, 6) is 0.799. The highest BCUT2D eigenvalue weighted by Crippen LogP contribution is 2.22. The molecule has 0 unspecified atom stereocenters. The van der Waals surface area contributed by atoms with Crippen molar-refractivity contribution in [3.8, 4) is 5.75 Å². The molecule has 1 nitrogen and oxygen atoms in total. The van der Waals surface area contributed by atoms with Gasteiger partial charge in [0.15, 0.2) is 0 Å². The minimum atomic E-state index is 0.657. The minimum absolute atomic E-state index is 0.657. The molecule has 12 heavy (non-hydrogen) atoms. The van der Waals surface area contributed by atoms with Crippen molar-refractivity contribution in [2.45, 2.75) is 6.92 Å². The van der Waals surface area contributed by atoms with E-state index in [1.54, 1.807) is 12.1 Å². The molecule has 0 heterocycles. The second kappa shape index (κ2) is 4.17. The van der Waals surface area contributed by atoms with Crippen LogP contribution in [0.3, 0.4) is 0 Å². The molecule has 64 valence electrons. The second-order valence-corrected chi connectivity index (χ2v) is 2.73. The predicted molar refractivity (Wildman–Crippen MR) is 52.7 cm³/mol. The van der Waals surface area contributed by atoms with Crippen LogP contribution < -0.4 is 4.74 Å².